The van der Waals surface area contributed by atoms with Gasteiger partial charge in [-0.25, -0.2) is 4.68 Å². The Hall–Kier alpha value is -3.02. The maximum atomic E-state index is 12.7. The fourth-order valence-corrected chi connectivity index (χ4v) is 2.77. The van der Waals surface area contributed by atoms with Crippen LogP contribution in [-0.2, 0) is 18.3 Å². The van der Waals surface area contributed by atoms with Gasteiger partial charge in [0.15, 0.2) is 0 Å². The molecule has 0 aliphatic rings. The number of nitrogens with zero attached hydrogens (tertiary/aromatic N) is 2. The number of nitrogens with one attached hydrogen (secondary N) is 1. The topological polar surface area (TPSA) is 69.2 Å². The van der Waals surface area contributed by atoms with Gasteiger partial charge in [0, 0.05) is 19.9 Å². The molecular formula is C19H21N3O3. The predicted molar refractivity (Wildman–Crippen MR) is 96.1 cm³/mol. The summed E-state index contributed by atoms with van der Waals surface area (Å²) in [6, 6.07) is 13.1. The second kappa shape index (κ2) is 6.84. The van der Waals surface area contributed by atoms with Gasteiger partial charge in [-0.1, -0.05) is 18.2 Å². The van der Waals surface area contributed by atoms with E-state index in [1.165, 1.54) is 0 Å². The number of hydrogen-bond acceptors (Lipinski definition) is 3. The number of para-hydroxylation sites is 1. The Morgan fingerprint density at radius 3 is 2.48 bits per heavy atom. The van der Waals surface area contributed by atoms with Crippen molar-refractivity contribution in [1.29, 1.82) is 0 Å². The van der Waals surface area contributed by atoms with E-state index in [4.69, 9.17) is 4.42 Å². The smallest absolute Gasteiger partial charge is 0.295 e. The number of aromatic nitrogens is 2. The predicted octanol–water partition coefficient (Wildman–Crippen LogP) is 2.96. The normalized spacial score (nSPS) is 10.8. The van der Waals surface area contributed by atoms with Crippen molar-refractivity contribution >= 4 is 11.6 Å². The van der Waals surface area contributed by atoms with Gasteiger partial charge in [-0.15, -0.1) is 0 Å². The molecule has 0 saturated heterocycles. The van der Waals surface area contributed by atoms with Gasteiger partial charge in [-0.05, 0) is 38.1 Å². The second-order valence-corrected chi connectivity index (χ2v) is 6.00. The third-order valence-electron chi connectivity index (χ3n) is 4.21. The van der Waals surface area contributed by atoms with Crippen LogP contribution < -0.4 is 10.9 Å². The van der Waals surface area contributed by atoms with E-state index < -0.39 is 0 Å². The van der Waals surface area contributed by atoms with Gasteiger partial charge >= 0.3 is 0 Å². The Labute approximate surface area is 145 Å². The molecule has 25 heavy (non-hydrogen) atoms. The van der Waals surface area contributed by atoms with Gasteiger partial charge in [0.1, 0.15) is 17.2 Å². The van der Waals surface area contributed by atoms with Crippen LogP contribution in [-0.4, -0.2) is 15.3 Å². The average molecular weight is 339 g/mol. The summed E-state index contributed by atoms with van der Waals surface area (Å²) in [4.78, 5) is 25.0. The van der Waals surface area contributed by atoms with E-state index in [0.29, 0.717) is 17.8 Å². The van der Waals surface area contributed by atoms with E-state index >= 15 is 0 Å². The lowest BCUT2D eigenvalue weighted by Crippen LogP contribution is -2.23. The molecule has 0 atom stereocenters. The SMILES string of the molecule is Cc1ccc(CCC(=O)Nc2c(C)n(C)n(-c3ccccc3)c2=O)o1. The molecule has 0 aliphatic carbocycles. The highest BCUT2D eigenvalue weighted by molar-refractivity contribution is 5.91. The molecule has 0 saturated carbocycles. The molecule has 3 rings (SSSR count). The van der Waals surface area contributed by atoms with Crippen molar-refractivity contribution in [2.75, 3.05) is 5.32 Å². The minimum atomic E-state index is -0.242. The van der Waals surface area contributed by atoms with Crippen LogP contribution >= 0.6 is 0 Å². The number of rotatable bonds is 5. The summed E-state index contributed by atoms with van der Waals surface area (Å²) in [7, 11) is 1.80. The molecule has 0 unspecified atom stereocenters. The van der Waals surface area contributed by atoms with E-state index in [1.54, 1.807) is 16.4 Å². The average Bonchev–Trinajstić information content (AvgIpc) is 3.11. The van der Waals surface area contributed by atoms with E-state index in [-0.39, 0.29) is 17.9 Å². The summed E-state index contributed by atoms with van der Waals surface area (Å²) in [6.45, 7) is 3.68. The third kappa shape index (κ3) is 3.42. The summed E-state index contributed by atoms with van der Waals surface area (Å²) in [5, 5.41) is 2.75. The summed E-state index contributed by atoms with van der Waals surface area (Å²) < 4.78 is 8.74. The Balaban J connectivity index is 1.79. The first-order chi connectivity index (χ1) is 12.0. The molecule has 1 amide bonds. The van der Waals surface area contributed by atoms with Crippen molar-refractivity contribution in [3.63, 3.8) is 0 Å². The molecule has 2 heterocycles. The van der Waals surface area contributed by atoms with Crippen LogP contribution in [0.2, 0.25) is 0 Å². The summed E-state index contributed by atoms with van der Waals surface area (Å²) in [6.07, 6.45) is 0.754. The van der Waals surface area contributed by atoms with Crippen LogP contribution in [0.4, 0.5) is 5.69 Å². The minimum absolute atomic E-state index is 0.208. The monoisotopic (exact) mass is 339 g/mol. The van der Waals surface area contributed by atoms with Crippen LogP contribution in [0, 0.1) is 13.8 Å². The quantitative estimate of drug-likeness (QED) is 0.777. The Bertz CT molecular complexity index is 948. The van der Waals surface area contributed by atoms with Gasteiger partial charge in [0.2, 0.25) is 5.91 Å². The van der Waals surface area contributed by atoms with Gasteiger partial charge in [0.25, 0.3) is 5.56 Å². The molecule has 6 nitrogen and oxygen atoms in total. The zero-order valence-electron chi connectivity index (χ0n) is 14.6. The Morgan fingerprint density at radius 1 is 1.12 bits per heavy atom. The van der Waals surface area contributed by atoms with Crippen molar-refractivity contribution in [3.05, 3.63) is 70.0 Å². The molecule has 6 heteroatoms. The standard InChI is InChI=1S/C19H21N3O3/c1-13-9-10-16(25-13)11-12-17(23)20-18-14(2)21(3)22(19(18)24)15-7-5-4-6-8-15/h4-10H,11-12H2,1-3H3,(H,20,23). The van der Waals surface area contributed by atoms with Crippen molar-refractivity contribution in [3.8, 4) is 5.69 Å². The Morgan fingerprint density at radius 2 is 1.84 bits per heavy atom. The number of anilines is 1. The summed E-state index contributed by atoms with van der Waals surface area (Å²) >= 11 is 0. The van der Waals surface area contributed by atoms with E-state index in [1.807, 2.05) is 56.3 Å². The highest BCUT2D eigenvalue weighted by atomic mass is 16.3. The lowest BCUT2D eigenvalue weighted by atomic mass is 10.2. The number of carbonyl (C=O) groups excluding carboxylic acids is 1. The molecule has 130 valence electrons. The zero-order valence-corrected chi connectivity index (χ0v) is 14.6. The number of benzene rings is 1. The first-order valence-electron chi connectivity index (χ1n) is 8.16. The van der Waals surface area contributed by atoms with Crippen molar-refractivity contribution < 1.29 is 9.21 Å². The lowest BCUT2D eigenvalue weighted by molar-refractivity contribution is -0.116. The highest BCUT2D eigenvalue weighted by Crippen LogP contribution is 2.15. The largest absolute Gasteiger partial charge is 0.466 e. The van der Waals surface area contributed by atoms with Gasteiger partial charge in [0.05, 0.1) is 11.4 Å². The first-order valence-corrected chi connectivity index (χ1v) is 8.16. The van der Waals surface area contributed by atoms with Crippen LogP contribution in [0.15, 0.2) is 51.7 Å². The van der Waals surface area contributed by atoms with E-state index in [0.717, 1.165) is 17.2 Å². The van der Waals surface area contributed by atoms with Crippen LogP contribution in [0.1, 0.15) is 23.6 Å². The summed E-state index contributed by atoms with van der Waals surface area (Å²) in [5.74, 6) is 1.37. The number of carbonyl (C=O) groups is 1. The van der Waals surface area contributed by atoms with Crippen molar-refractivity contribution in [1.82, 2.24) is 9.36 Å². The van der Waals surface area contributed by atoms with E-state index in [9.17, 15) is 9.59 Å². The molecule has 0 radical (unpaired) electrons. The molecule has 0 fully saturated rings. The summed E-state index contributed by atoms with van der Waals surface area (Å²) in [5.41, 5.74) is 1.53. The molecule has 1 aromatic carbocycles. The number of hydrogen-bond donors (Lipinski definition) is 1. The maximum Gasteiger partial charge on any atom is 0.295 e. The molecule has 1 N–H and O–H groups in total. The Kier molecular flexibility index (Phi) is 4.61. The molecule has 2 aromatic heterocycles. The highest BCUT2D eigenvalue weighted by Gasteiger charge is 2.18. The molecule has 3 aromatic rings. The number of aryl methyl sites for hydroxylation is 2. The van der Waals surface area contributed by atoms with Crippen molar-refractivity contribution in [2.45, 2.75) is 26.7 Å². The van der Waals surface area contributed by atoms with Crippen LogP contribution in [0.5, 0.6) is 0 Å². The first kappa shape index (κ1) is 16.8. The van der Waals surface area contributed by atoms with Gasteiger partial charge in [-0.2, -0.15) is 0 Å². The molecule has 0 aliphatic heterocycles. The van der Waals surface area contributed by atoms with Crippen LogP contribution in [0.3, 0.4) is 0 Å². The number of amides is 1. The maximum absolute atomic E-state index is 12.7. The number of furan rings is 1. The third-order valence-corrected chi connectivity index (χ3v) is 4.21. The fourth-order valence-electron chi connectivity index (χ4n) is 2.77. The van der Waals surface area contributed by atoms with Gasteiger partial charge in [-0.3, -0.25) is 14.3 Å². The fraction of sp³-hybridized carbons (Fsp3) is 0.263. The molecule has 0 spiro atoms. The zero-order chi connectivity index (χ0) is 18.0. The molecular weight excluding hydrogens is 318 g/mol. The molecule has 0 bridgehead atoms. The van der Waals surface area contributed by atoms with E-state index in [2.05, 4.69) is 5.32 Å². The van der Waals surface area contributed by atoms with Crippen LogP contribution in [0.25, 0.3) is 5.69 Å². The second-order valence-electron chi connectivity index (χ2n) is 6.00. The van der Waals surface area contributed by atoms with Crippen molar-refractivity contribution in [2.24, 2.45) is 7.05 Å². The lowest BCUT2D eigenvalue weighted by Gasteiger charge is -2.07. The minimum Gasteiger partial charge on any atom is -0.466 e. The van der Waals surface area contributed by atoms with Gasteiger partial charge < -0.3 is 9.73 Å².